The largest absolute Gasteiger partial charge is 0.358 e. The molecule has 1 aromatic heterocycles. The van der Waals surface area contributed by atoms with Crippen LogP contribution in [0.3, 0.4) is 0 Å². The number of nitro groups is 1. The Morgan fingerprint density at radius 3 is 2.53 bits per heavy atom. The van der Waals surface area contributed by atoms with Crippen LogP contribution in [0.25, 0.3) is 0 Å². The van der Waals surface area contributed by atoms with Gasteiger partial charge in [-0.15, -0.1) is 0 Å². The zero-order valence-corrected chi connectivity index (χ0v) is 7.07. The number of carbonyl (C=O) groups excluding carboxylic acids is 1. The SMILES string of the molecule is O=Cc1cc(=O)c(C(F)F)c([N+](=O)[O-])[nH]1. The number of aldehydes is 1. The highest BCUT2D eigenvalue weighted by Gasteiger charge is 2.25. The standard InChI is InChI=1S/C7H4F2N2O4/c8-6(9)5-4(13)1-3(2-12)10-7(5)11(14)15/h1-2,6H,(H,10,13). The van der Waals surface area contributed by atoms with E-state index in [4.69, 9.17) is 0 Å². The van der Waals surface area contributed by atoms with Crippen LogP contribution >= 0.6 is 0 Å². The van der Waals surface area contributed by atoms with Crippen molar-refractivity contribution < 1.29 is 18.5 Å². The number of carbonyl (C=O) groups is 1. The third-order valence-electron chi connectivity index (χ3n) is 1.60. The summed E-state index contributed by atoms with van der Waals surface area (Å²) in [6.45, 7) is 0. The number of H-pyrrole nitrogens is 1. The summed E-state index contributed by atoms with van der Waals surface area (Å²) in [7, 11) is 0. The summed E-state index contributed by atoms with van der Waals surface area (Å²) in [6, 6.07) is 0.585. The van der Waals surface area contributed by atoms with Gasteiger partial charge < -0.3 is 10.1 Å². The van der Waals surface area contributed by atoms with Crippen LogP contribution < -0.4 is 5.43 Å². The van der Waals surface area contributed by atoms with E-state index in [1.807, 2.05) is 4.98 Å². The highest BCUT2D eigenvalue weighted by atomic mass is 19.3. The molecule has 80 valence electrons. The number of aromatic amines is 1. The van der Waals surface area contributed by atoms with E-state index in [9.17, 15) is 28.5 Å². The van der Waals surface area contributed by atoms with Gasteiger partial charge in [0.15, 0.2) is 23.0 Å². The average Bonchev–Trinajstić information content (AvgIpc) is 2.15. The highest BCUT2D eigenvalue weighted by Crippen LogP contribution is 2.23. The molecule has 1 rings (SSSR count). The lowest BCUT2D eigenvalue weighted by molar-refractivity contribution is -0.391. The number of nitrogens with zero attached hydrogens (tertiary/aromatic N) is 1. The van der Waals surface area contributed by atoms with Crippen LogP contribution in [0.4, 0.5) is 14.6 Å². The van der Waals surface area contributed by atoms with Crippen LogP contribution in [-0.4, -0.2) is 16.2 Å². The number of halogens is 2. The second kappa shape index (κ2) is 3.95. The number of hydrogen-bond donors (Lipinski definition) is 1. The maximum atomic E-state index is 12.3. The summed E-state index contributed by atoms with van der Waals surface area (Å²) in [6.07, 6.45) is -3.14. The van der Waals surface area contributed by atoms with Crippen molar-refractivity contribution in [3.8, 4) is 0 Å². The lowest BCUT2D eigenvalue weighted by Crippen LogP contribution is -2.15. The maximum absolute atomic E-state index is 12.3. The summed E-state index contributed by atoms with van der Waals surface area (Å²) in [5.74, 6) is -1.15. The summed E-state index contributed by atoms with van der Waals surface area (Å²) in [5.41, 5.74) is -2.90. The fraction of sp³-hybridized carbons (Fsp3) is 0.143. The quantitative estimate of drug-likeness (QED) is 0.465. The zero-order chi connectivity index (χ0) is 11.6. The van der Waals surface area contributed by atoms with Crippen molar-refractivity contribution in [3.05, 3.63) is 37.7 Å². The van der Waals surface area contributed by atoms with Gasteiger partial charge in [-0.25, -0.2) is 13.8 Å². The van der Waals surface area contributed by atoms with Crippen molar-refractivity contribution in [1.82, 2.24) is 4.98 Å². The van der Waals surface area contributed by atoms with Crippen molar-refractivity contribution in [2.75, 3.05) is 0 Å². The summed E-state index contributed by atoms with van der Waals surface area (Å²) >= 11 is 0. The maximum Gasteiger partial charge on any atom is 0.334 e. The van der Waals surface area contributed by atoms with Gasteiger partial charge in [-0.3, -0.25) is 9.59 Å². The Bertz CT molecular complexity index is 469. The molecule has 0 radical (unpaired) electrons. The van der Waals surface area contributed by atoms with Gasteiger partial charge in [-0.05, 0) is 4.92 Å². The number of alkyl halides is 2. The fourth-order valence-corrected chi connectivity index (χ4v) is 0.994. The predicted molar refractivity (Wildman–Crippen MR) is 44.1 cm³/mol. The first kappa shape index (κ1) is 11.0. The Balaban J connectivity index is 3.57. The van der Waals surface area contributed by atoms with E-state index in [2.05, 4.69) is 0 Å². The van der Waals surface area contributed by atoms with Crippen LogP contribution in [0.15, 0.2) is 10.9 Å². The Hall–Kier alpha value is -2.12. The topological polar surface area (TPSA) is 93.1 Å². The van der Waals surface area contributed by atoms with E-state index in [-0.39, 0.29) is 6.29 Å². The lowest BCUT2D eigenvalue weighted by Gasteiger charge is -2.01. The second-order valence-corrected chi connectivity index (χ2v) is 2.53. The van der Waals surface area contributed by atoms with Gasteiger partial charge in [0.2, 0.25) is 0 Å². The summed E-state index contributed by atoms with van der Waals surface area (Å²) < 4.78 is 24.5. The van der Waals surface area contributed by atoms with Crippen molar-refractivity contribution >= 4 is 12.1 Å². The molecule has 0 amide bonds. The first-order chi connectivity index (χ1) is 6.97. The number of nitrogens with one attached hydrogen (secondary N) is 1. The molecule has 1 N–H and O–H groups in total. The molecule has 0 fully saturated rings. The lowest BCUT2D eigenvalue weighted by atomic mass is 10.2. The molecule has 1 heterocycles. The van der Waals surface area contributed by atoms with E-state index < -0.39 is 33.9 Å². The molecule has 0 aromatic carbocycles. The van der Waals surface area contributed by atoms with Crippen molar-refractivity contribution in [1.29, 1.82) is 0 Å². The van der Waals surface area contributed by atoms with Gasteiger partial charge in [0, 0.05) is 6.07 Å². The summed E-state index contributed by atoms with van der Waals surface area (Å²) in [5, 5.41) is 10.3. The molecule has 0 bridgehead atoms. The second-order valence-electron chi connectivity index (χ2n) is 2.53. The van der Waals surface area contributed by atoms with E-state index in [1.165, 1.54) is 0 Å². The van der Waals surface area contributed by atoms with Crippen LogP contribution in [-0.2, 0) is 0 Å². The summed E-state index contributed by atoms with van der Waals surface area (Å²) in [4.78, 5) is 32.2. The molecule has 0 saturated heterocycles. The Kier molecular flexibility index (Phi) is 2.88. The minimum absolute atomic E-state index is 0.129. The highest BCUT2D eigenvalue weighted by molar-refractivity contribution is 5.72. The van der Waals surface area contributed by atoms with E-state index in [0.29, 0.717) is 6.07 Å². The third kappa shape index (κ3) is 2.03. The molecule has 1 aromatic rings. The monoisotopic (exact) mass is 218 g/mol. The van der Waals surface area contributed by atoms with Gasteiger partial charge in [0.05, 0.1) is 0 Å². The number of pyridine rings is 1. The molecule has 15 heavy (non-hydrogen) atoms. The fourth-order valence-electron chi connectivity index (χ4n) is 0.994. The zero-order valence-electron chi connectivity index (χ0n) is 7.07. The number of aromatic nitrogens is 1. The molecule has 0 aliphatic heterocycles. The van der Waals surface area contributed by atoms with Gasteiger partial charge in [-0.1, -0.05) is 0 Å². The number of rotatable bonds is 3. The van der Waals surface area contributed by atoms with Crippen molar-refractivity contribution in [2.45, 2.75) is 6.43 Å². The molecule has 0 aliphatic rings. The van der Waals surface area contributed by atoms with Crippen molar-refractivity contribution in [3.63, 3.8) is 0 Å². The van der Waals surface area contributed by atoms with Crippen LogP contribution in [0, 0.1) is 10.1 Å². The van der Waals surface area contributed by atoms with Gasteiger partial charge in [-0.2, -0.15) is 0 Å². The molecular weight excluding hydrogens is 214 g/mol. The molecule has 0 saturated carbocycles. The normalized spacial score (nSPS) is 10.3. The third-order valence-corrected chi connectivity index (χ3v) is 1.60. The smallest absolute Gasteiger partial charge is 0.334 e. The molecule has 0 spiro atoms. The molecular formula is C7H4F2N2O4. The number of hydrogen-bond acceptors (Lipinski definition) is 4. The minimum atomic E-state index is -3.27. The average molecular weight is 218 g/mol. The Labute approximate surface area is 80.7 Å². The van der Waals surface area contributed by atoms with Crippen LogP contribution in [0.1, 0.15) is 22.5 Å². The molecule has 0 atom stereocenters. The van der Waals surface area contributed by atoms with E-state index in [0.717, 1.165) is 0 Å². The molecule has 0 unspecified atom stereocenters. The first-order valence-corrected chi connectivity index (χ1v) is 3.62. The van der Waals surface area contributed by atoms with Crippen LogP contribution in [0.2, 0.25) is 0 Å². The predicted octanol–water partition coefficient (Wildman–Crippen LogP) is 1.03. The molecule has 8 heteroatoms. The van der Waals surface area contributed by atoms with Gasteiger partial charge in [0.1, 0.15) is 0 Å². The first-order valence-electron chi connectivity index (χ1n) is 3.62. The Morgan fingerprint density at radius 2 is 2.13 bits per heavy atom. The minimum Gasteiger partial charge on any atom is -0.358 e. The van der Waals surface area contributed by atoms with Gasteiger partial charge >= 0.3 is 5.82 Å². The molecule has 6 nitrogen and oxygen atoms in total. The van der Waals surface area contributed by atoms with Crippen molar-refractivity contribution in [2.24, 2.45) is 0 Å². The van der Waals surface area contributed by atoms with Crippen LogP contribution in [0.5, 0.6) is 0 Å². The van der Waals surface area contributed by atoms with E-state index >= 15 is 0 Å². The molecule has 0 aliphatic carbocycles. The Morgan fingerprint density at radius 1 is 1.53 bits per heavy atom. The van der Waals surface area contributed by atoms with Gasteiger partial charge in [0.25, 0.3) is 6.43 Å². The van der Waals surface area contributed by atoms with E-state index in [1.54, 1.807) is 0 Å².